The van der Waals surface area contributed by atoms with Crippen molar-refractivity contribution in [2.24, 2.45) is 0 Å². The first-order valence-corrected chi connectivity index (χ1v) is 25.1. The van der Waals surface area contributed by atoms with E-state index >= 15 is 0 Å². The second kappa shape index (κ2) is 20.4. The number of unbranched alkanes of at least 4 members (excludes halogenated alkanes) is 5. The summed E-state index contributed by atoms with van der Waals surface area (Å²) in [7, 11) is 0. The van der Waals surface area contributed by atoms with Gasteiger partial charge >= 0.3 is 0 Å². The normalized spacial score (nSPS) is 12.2. The van der Waals surface area contributed by atoms with Gasteiger partial charge in [-0.25, -0.2) is 0 Å². The van der Waals surface area contributed by atoms with E-state index in [1.165, 1.54) is 134 Å². The lowest BCUT2D eigenvalue weighted by molar-refractivity contribution is 0.590. The molecular formula is C63H78N2. The molecule has 0 heterocycles. The molecule has 340 valence electrons. The molecule has 7 rings (SSSR count). The van der Waals surface area contributed by atoms with Crippen molar-refractivity contribution < 1.29 is 0 Å². The Morgan fingerprint density at radius 1 is 0.369 bits per heavy atom. The highest BCUT2D eigenvalue weighted by Gasteiger charge is 2.28. The first-order chi connectivity index (χ1) is 31.1. The summed E-state index contributed by atoms with van der Waals surface area (Å²) in [6.45, 7) is 27.8. The molecule has 0 amide bonds. The third-order valence-electron chi connectivity index (χ3n) is 13.7. The predicted molar refractivity (Wildman–Crippen MR) is 287 cm³/mol. The highest BCUT2D eigenvalue weighted by atomic mass is 15.2. The molecule has 0 spiro atoms. The highest BCUT2D eigenvalue weighted by molar-refractivity contribution is 6.23. The lowest BCUT2D eigenvalue weighted by atomic mass is 9.82. The largest absolute Gasteiger partial charge is 0.309 e. The van der Waals surface area contributed by atoms with E-state index in [2.05, 4.69) is 226 Å². The van der Waals surface area contributed by atoms with Gasteiger partial charge in [0.2, 0.25) is 0 Å². The van der Waals surface area contributed by atoms with Crippen molar-refractivity contribution in [3.05, 3.63) is 167 Å². The van der Waals surface area contributed by atoms with Crippen LogP contribution in [0.25, 0.3) is 21.5 Å². The monoisotopic (exact) mass is 863 g/mol. The fraction of sp³-hybridized carbons (Fsp3) is 0.397. The lowest BCUT2D eigenvalue weighted by Crippen LogP contribution is -2.17. The minimum absolute atomic E-state index is 0.0557. The van der Waals surface area contributed by atoms with E-state index in [1.807, 2.05) is 0 Å². The Hall–Kier alpha value is -5.34. The summed E-state index contributed by atoms with van der Waals surface area (Å²) in [5.41, 5.74) is 15.2. The van der Waals surface area contributed by atoms with Crippen molar-refractivity contribution in [1.29, 1.82) is 0 Å². The molecule has 0 radical (unpaired) electrons. The molecule has 0 saturated carbocycles. The summed E-state index contributed by atoms with van der Waals surface area (Å²) in [6.07, 6.45) is 11.0. The van der Waals surface area contributed by atoms with Gasteiger partial charge in [-0.05, 0) is 142 Å². The van der Waals surface area contributed by atoms with Gasteiger partial charge < -0.3 is 9.80 Å². The molecule has 7 aromatic rings. The maximum absolute atomic E-state index is 2.56. The van der Waals surface area contributed by atoms with Gasteiger partial charge in [-0.2, -0.15) is 0 Å². The van der Waals surface area contributed by atoms with Crippen molar-refractivity contribution in [1.82, 2.24) is 0 Å². The van der Waals surface area contributed by atoms with Crippen molar-refractivity contribution >= 4 is 55.7 Å². The molecule has 0 fully saturated rings. The second-order valence-electron chi connectivity index (χ2n) is 21.5. The second-order valence-corrected chi connectivity index (χ2v) is 21.5. The lowest BCUT2D eigenvalue weighted by Gasteiger charge is -2.34. The van der Waals surface area contributed by atoms with Crippen LogP contribution in [-0.2, 0) is 23.7 Å². The van der Waals surface area contributed by atoms with Gasteiger partial charge in [0.05, 0.1) is 11.4 Å². The van der Waals surface area contributed by atoms with Gasteiger partial charge in [0.15, 0.2) is 0 Å². The minimum Gasteiger partial charge on any atom is -0.309 e. The molecule has 0 aliphatic rings. The molecule has 0 aliphatic heterocycles. The minimum atomic E-state index is -0.0557. The third-order valence-corrected chi connectivity index (χ3v) is 13.7. The summed E-state index contributed by atoms with van der Waals surface area (Å²) < 4.78 is 0. The van der Waals surface area contributed by atoms with Gasteiger partial charge in [-0.15, -0.1) is 0 Å². The summed E-state index contributed by atoms with van der Waals surface area (Å²) in [5, 5.41) is 4.98. The zero-order chi connectivity index (χ0) is 46.5. The zero-order valence-electron chi connectivity index (χ0n) is 42.1. The fourth-order valence-corrected chi connectivity index (χ4v) is 9.39. The van der Waals surface area contributed by atoms with E-state index in [4.69, 9.17) is 0 Å². The Morgan fingerprint density at radius 2 is 0.692 bits per heavy atom. The van der Waals surface area contributed by atoms with Crippen LogP contribution in [0.3, 0.4) is 0 Å². The topological polar surface area (TPSA) is 6.48 Å². The van der Waals surface area contributed by atoms with Crippen molar-refractivity contribution in [3.8, 4) is 0 Å². The van der Waals surface area contributed by atoms with E-state index in [0.29, 0.717) is 11.8 Å². The Labute approximate surface area is 394 Å². The average molecular weight is 863 g/mol. The van der Waals surface area contributed by atoms with Crippen molar-refractivity contribution in [3.63, 3.8) is 0 Å². The fourth-order valence-electron chi connectivity index (χ4n) is 9.39. The number of anilines is 6. The number of nitrogens with zero attached hydrogens (tertiary/aromatic N) is 2. The van der Waals surface area contributed by atoms with Crippen LogP contribution in [0.4, 0.5) is 34.1 Å². The Kier molecular flexibility index (Phi) is 15.0. The molecule has 65 heavy (non-hydrogen) atoms. The molecule has 2 heteroatoms. The first kappa shape index (κ1) is 47.6. The van der Waals surface area contributed by atoms with Crippen molar-refractivity contribution in [2.45, 2.75) is 164 Å². The quantitative estimate of drug-likeness (QED) is 0.0511. The number of hydrogen-bond donors (Lipinski definition) is 0. The van der Waals surface area contributed by atoms with Crippen LogP contribution in [0.5, 0.6) is 0 Å². The Bertz CT molecular complexity index is 2630. The van der Waals surface area contributed by atoms with Gasteiger partial charge in [-0.1, -0.05) is 188 Å². The molecule has 2 nitrogen and oxygen atoms in total. The Balaban J connectivity index is 1.59. The summed E-state index contributed by atoms with van der Waals surface area (Å²) in [5.74, 6) is 0.892. The smallest absolute Gasteiger partial charge is 0.0620 e. The van der Waals surface area contributed by atoms with Crippen LogP contribution in [0.15, 0.2) is 133 Å². The molecule has 0 aliphatic carbocycles. The van der Waals surface area contributed by atoms with Gasteiger partial charge in [-0.3, -0.25) is 0 Å². The van der Waals surface area contributed by atoms with Crippen LogP contribution in [0, 0.1) is 0 Å². The number of benzene rings is 7. The van der Waals surface area contributed by atoms with E-state index < -0.39 is 0 Å². The third kappa shape index (κ3) is 10.9. The summed E-state index contributed by atoms with van der Waals surface area (Å²) in [6, 6.07) is 52.4. The predicted octanol–water partition coefficient (Wildman–Crippen LogP) is 19.6. The number of rotatable bonds is 17. The summed E-state index contributed by atoms with van der Waals surface area (Å²) >= 11 is 0. The number of fused-ring (bicyclic) bond motifs is 2. The standard InChI is InChI=1S/C63H78N2/c1-13-15-17-19-21-47-24-34-53(35-25-47)65(55-38-28-49(29-39-55)45(5)6)61-57-41-31-50(62(7,8)9)42-58(57)60(56-40-30-51(43-59(56)61)63(10,11)12)64(54-36-26-48(27-37-54)44(3)4)52-32-22-46(23-33-52)20-18-16-14-2/h22-45H,13-21H2,1-12H3. The molecule has 0 N–H and O–H groups in total. The van der Waals surface area contributed by atoms with Crippen LogP contribution >= 0.6 is 0 Å². The van der Waals surface area contributed by atoms with Crippen LogP contribution in [0.2, 0.25) is 0 Å². The van der Waals surface area contributed by atoms with E-state index in [1.54, 1.807) is 0 Å². The van der Waals surface area contributed by atoms with Gasteiger partial charge in [0.25, 0.3) is 0 Å². The van der Waals surface area contributed by atoms with Gasteiger partial charge in [0, 0.05) is 44.3 Å². The summed E-state index contributed by atoms with van der Waals surface area (Å²) in [4.78, 5) is 5.13. The SMILES string of the molecule is CCCCCCc1ccc(N(c2ccc(C(C)C)cc2)c2c3ccc(C(C)(C)C)cc3c(N(c3ccc(CCCCC)cc3)c3ccc(C(C)C)cc3)c3ccc(C(C)(C)C)cc23)cc1. The van der Waals surface area contributed by atoms with E-state index in [9.17, 15) is 0 Å². The van der Waals surface area contributed by atoms with E-state index in [0.717, 1.165) is 12.8 Å². The molecule has 0 unspecified atom stereocenters. The molecule has 0 bridgehead atoms. The van der Waals surface area contributed by atoms with Crippen LogP contribution in [0.1, 0.15) is 173 Å². The average Bonchev–Trinajstić information content (AvgIpc) is 3.29. The molecule has 0 saturated heterocycles. The van der Waals surface area contributed by atoms with Crippen molar-refractivity contribution in [2.75, 3.05) is 9.80 Å². The van der Waals surface area contributed by atoms with Gasteiger partial charge in [0.1, 0.15) is 0 Å². The molecular weight excluding hydrogens is 785 g/mol. The zero-order valence-corrected chi connectivity index (χ0v) is 42.1. The maximum Gasteiger partial charge on any atom is 0.0620 e. The van der Waals surface area contributed by atoms with E-state index in [-0.39, 0.29) is 10.8 Å². The number of aryl methyl sites for hydroxylation is 2. The number of hydrogen-bond acceptors (Lipinski definition) is 2. The molecule has 0 aromatic heterocycles. The molecule has 7 aromatic carbocycles. The maximum atomic E-state index is 2.56. The Morgan fingerprint density at radius 3 is 1.02 bits per heavy atom. The van der Waals surface area contributed by atoms with Crippen LogP contribution < -0.4 is 9.80 Å². The van der Waals surface area contributed by atoms with Crippen LogP contribution in [-0.4, -0.2) is 0 Å². The highest BCUT2D eigenvalue weighted by Crippen LogP contribution is 2.52. The molecule has 0 atom stereocenters. The first-order valence-electron chi connectivity index (χ1n) is 25.1.